The van der Waals surface area contributed by atoms with Crippen molar-refractivity contribution in [3.63, 3.8) is 0 Å². The zero-order valence-corrected chi connectivity index (χ0v) is 21.6. The maximum absolute atomic E-state index is 13.4. The van der Waals surface area contributed by atoms with Gasteiger partial charge in [0.25, 0.3) is 5.91 Å². The number of ether oxygens (including phenoxy) is 1. The number of rotatable bonds is 7. The molecule has 0 aliphatic heterocycles. The van der Waals surface area contributed by atoms with Crippen molar-refractivity contribution in [2.24, 2.45) is 5.92 Å². The maximum atomic E-state index is 13.4. The molecule has 0 fully saturated rings. The number of nitrogens with one attached hydrogen (secondary N) is 1. The van der Waals surface area contributed by atoms with Gasteiger partial charge in [0, 0.05) is 11.6 Å². The average molecular weight is 541 g/mol. The van der Waals surface area contributed by atoms with E-state index in [9.17, 15) is 22.7 Å². The van der Waals surface area contributed by atoms with Gasteiger partial charge >= 0.3 is 0 Å². The average Bonchev–Trinajstić information content (AvgIpc) is 3.26. The van der Waals surface area contributed by atoms with Crippen LogP contribution in [0.25, 0.3) is 10.2 Å². The SMILES string of the molecule is CS(=O)(=O)NC(=O)c1cccc(C[C@H]2CCc3ccc(OCc4nc5cc(F)ccc5s4)cc3[C@H]2O)c1. The van der Waals surface area contributed by atoms with Crippen molar-refractivity contribution in [1.82, 2.24) is 9.71 Å². The van der Waals surface area contributed by atoms with Crippen molar-refractivity contribution in [3.05, 3.63) is 93.7 Å². The van der Waals surface area contributed by atoms with E-state index in [1.807, 2.05) is 29.0 Å². The van der Waals surface area contributed by atoms with Crippen molar-refractivity contribution in [1.29, 1.82) is 0 Å². The highest BCUT2D eigenvalue weighted by Gasteiger charge is 2.29. The number of carbonyl (C=O) groups is 1. The third-order valence-electron chi connectivity index (χ3n) is 6.39. The summed E-state index contributed by atoms with van der Waals surface area (Å²) in [5.41, 5.74) is 3.57. The minimum absolute atomic E-state index is 0.0740. The number of aryl methyl sites for hydroxylation is 1. The van der Waals surface area contributed by atoms with Crippen LogP contribution in [0, 0.1) is 11.7 Å². The monoisotopic (exact) mass is 540 g/mol. The second-order valence-corrected chi connectivity index (χ2v) is 12.1. The molecule has 2 N–H and O–H groups in total. The van der Waals surface area contributed by atoms with Crippen molar-refractivity contribution in [3.8, 4) is 5.75 Å². The van der Waals surface area contributed by atoms with Gasteiger partial charge in [0.1, 0.15) is 23.2 Å². The van der Waals surface area contributed by atoms with E-state index in [0.717, 1.165) is 45.5 Å². The van der Waals surface area contributed by atoms with Crippen LogP contribution in [0.3, 0.4) is 0 Å². The van der Waals surface area contributed by atoms with Crippen LogP contribution in [0.2, 0.25) is 0 Å². The van der Waals surface area contributed by atoms with Gasteiger partial charge in [-0.15, -0.1) is 11.3 Å². The van der Waals surface area contributed by atoms with Gasteiger partial charge in [-0.2, -0.15) is 0 Å². The van der Waals surface area contributed by atoms with Crippen molar-refractivity contribution >= 4 is 37.5 Å². The molecule has 1 amide bonds. The zero-order valence-electron chi connectivity index (χ0n) is 20.0. The molecule has 4 aromatic rings. The first-order valence-electron chi connectivity index (χ1n) is 11.7. The summed E-state index contributed by atoms with van der Waals surface area (Å²) in [5, 5.41) is 11.9. The fourth-order valence-corrected chi connectivity index (χ4v) is 5.97. The molecule has 0 saturated heterocycles. The van der Waals surface area contributed by atoms with E-state index in [4.69, 9.17) is 4.74 Å². The van der Waals surface area contributed by atoms with Crippen LogP contribution in [-0.2, 0) is 29.5 Å². The van der Waals surface area contributed by atoms with Crippen molar-refractivity contribution in [2.45, 2.75) is 32.0 Å². The maximum Gasteiger partial charge on any atom is 0.264 e. The van der Waals surface area contributed by atoms with E-state index in [-0.39, 0.29) is 23.9 Å². The first kappa shape index (κ1) is 25.3. The fraction of sp³-hybridized carbons (Fsp3) is 0.259. The predicted molar refractivity (Wildman–Crippen MR) is 140 cm³/mol. The summed E-state index contributed by atoms with van der Waals surface area (Å²) >= 11 is 1.45. The first-order valence-corrected chi connectivity index (χ1v) is 14.4. The largest absolute Gasteiger partial charge is 0.486 e. The molecule has 0 bridgehead atoms. The summed E-state index contributed by atoms with van der Waals surface area (Å²) in [6.45, 7) is 0.238. The summed E-state index contributed by atoms with van der Waals surface area (Å²) in [5.74, 6) is -0.468. The van der Waals surface area contributed by atoms with E-state index >= 15 is 0 Å². The van der Waals surface area contributed by atoms with Gasteiger partial charge in [0.15, 0.2) is 0 Å². The van der Waals surface area contributed by atoms with Crippen LogP contribution in [0.15, 0.2) is 60.7 Å². The Hall–Kier alpha value is -3.34. The summed E-state index contributed by atoms with van der Waals surface area (Å²) in [6.07, 6.45) is 2.33. The number of aliphatic hydroxyl groups excluding tert-OH is 1. The number of amides is 1. The number of aromatic nitrogens is 1. The Balaban J connectivity index is 1.27. The number of fused-ring (bicyclic) bond motifs is 2. The minimum Gasteiger partial charge on any atom is -0.486 e. The van der Waals surface area contributed by atoms with Crippen LogP contribution in [-0.4, -0.2) is 30.7 Å². The number of halogens is 1. The Morgan fingerprint density at radius 2 is 2.03 bits per heavy atom. The molecule has 0 radical (unpaired) electrons. The molecule has 0 saturated carbocycles. The molecule has 1 aromatic heterocycles. The van der Waals surface area contributed by atoms with E-state index in [0.29, 0.717) is 17.7 Å². The lowest BCUT2D eigenvalue weighted by Gasteiger charge is -2.30. The second kappa shape index (κ2) is 10.2. The quantitative estimate of drug-likeness (QED) is 0.357. The molecule has 37 heavy (non-hydrogen) atoms. The van der Waals surface area contributed by atoms with Gasteiger partial charge in [0.05, 0.1) is 22.6 Å². The standard InChI is InChI=1S/C27H25FN2O5S2/c1-37(33,34)30-27(32)19-4-2-3-16(12-19)11-18-6-5-17-7-9-21(14-22(17)26(18)31)35-15-25-29-23-13-20(28)8-10-24(23)36-25/h2-4,7-10,12-14,18,26,31H,5-6,11,15H2,1H3,(H,30,32)/t18-,26+/m1/s1. The Kier molecular flexibility index (Phi) is 6.98. The summed E-state index contributed by atoms with van der Waals surface area (Å²) in [6, 6.07) is 17.0. The van der Waals surface area contributed by atoms with E-state index in [2.05, 4.69) is 4.98 Å². The zero-order chi connectivity index (χ0) is 26.2. The topological polar surface area (TPSA) is 106 Å². The molecule has 1 heterocycles. The van der Waals surface area contributed by atoms with E-state index in [1.54, 1.807) is 24.3 Å². The first-order chi connectivity index (χ1) is 17.6. The van der Waals surface area contributed by atoms with Gasteiger partial charge in [0.2, 0.25) is 10.0 Å². The Bertz CT molecular complexity index is 1580. The van der Waals surface area contributed by atoms with Gasteiger partial charge < -0.3 is 9.84 Å². The second-order valence-electron chi connectivity index (χ2n) is 9.22. The summed E-state index contributed by atoms with van der Waals surface area (Å²) < 4.78 is 45.1. The molecule has 0 unspecified atom stereocenters. The molecular formula is C27H25FN2O5S2. The molecule has 5 rings (SSSR count). The predicted octanol–water partition coefficient (Wildman–Crippen LogP) is 4.54. The lowest BCUT2D eigenvalue weighted by Crippen LogP contribution is -2.29. The number of benzene rings is 3. The van der Waals surface area contributed by atoms with Gasteiger partial charge in [-0.25, -0.2) is 22.5 Å². The van der Waals surface area contributed by atoms with Gasteiger partial charge in [-0.3, -0.25) is 4.79 Å². The molecule has 192 valence electrons. The highest BCUT2D eigenvalue weighted by Crippen LogP contribution is 2.38. The number of hydrogen-bond donors (Lipinski definition) is 2. The molecular weight excluding hydrogens is 515 g/mol. The van der Waals surface area contributed by atoms with E-state index in [1.165, 1.54) is 23.5 Å². The number of carbonyl (C=O) groups excluding carboxylic acids is 1. The number of nitrogens with zero attached hydrogens (tertiary/aromatic N) is 1. The summed E-state index contributed by atoms with van der Waals surface area (Å²) in [7, 11) is -3.66. The molecule has 3 aromatic carbocycles. The van der Waals surface area contributed by atoms with E-state index < -0.39 is 22.0 Å². The smallest absolute Gasteiger partial charge is 0.264 e. The third-order valence-corrected chi connectivity index (χ3v) is 7.95. The Morgan fingerprint density at radius 3 is 2.84 bits per heavy atom. The van der Waals surface area contributed by atoms with Crippen LogP contribution in [0.4, 0.5) is 4.39 Å². The highest BCUT2D eigenvalue weighted by atomic mass is 32.2. The number of hydrogen-bond acceptors (Lipinski definition) is 7. The molecule has 0 spiro atoms. The lowest BCUT2D eigenvalue weighted by atomic mass is 9.78. The number of aliphatic hydroxyl groups is 1. The van der Waals surface area contributed by atoms with Crippen LogP contribution in [0.1, 0.15) is 44.6 Å². The lowest BCUT2D eigenvalue weighted by molar-refractivity contribution is 0.0932. The molecule has 1 aliphatic rings. The molecule has 2 atom stereocenters. The van der Waals surface area contributed by atoms with Crippen LogP contribution < -0.4 is 9.46 Å². The summed E-state index contributed by atoms with van der Waals surface area (Å²) in [4.78, 5) is 16.7. The normalized spacial score (nSPS) is 17.4. The Labute approximate surface area is 218 Å². The minimum atomic E-state index is -3.66. The molecule has 10 heteroatoms. The number of sulfonamides is 1. The highest BCUT2D eigenvalue weighted by molar-refractivity contribution is 7.89. The van der Waals surface area contributed by atoms with Gasteiger partial charge in [-0.1, -0.05) is 18.2 Å². The Morgan fingerprint density at radius 1 is 1.19 bits per heavy atom. The molecule has 1 aliphatic carbocycles. The van der Waals surface area contributed by atoms with Crippen molar-refractivity contribution < 1.29 is 27.4 Å². The number of thiazole rings is 1. The third kappa shape index (κ3) is 5.98. The van der Waals surface area contributed by atoms with Gasteiger partial charge in [-0.05, 0) is 78.3 Å². The fourth-order valence-electron chi connectivity index (χ4n) is 4.66. The van der Waals surface area contributed by atoms with Crippen molar-refractivity contribution in [2.75, 3.05) is 6.26 Å². The van der Waals surface area contributed by atoms with Crippen LogP contribution in [0.5, 0.6) is 5.75 Å². The molecule has 7 nitrogen and oxygen atoms in total. The van der Waals surface area contributed by atoms with Crippen LogP contribution >= 0.6 is 11.3 Å².